The molecule has 4 bridgehead atoms. The van der Waals surface area contributed by atoms with Gasteiger partial charge in [-0.3, -0.25) is 20.4 Å². The van der Waals surface area contributed by atoms with E-state index in [1.165, 1.54) is 14.2 Å². The first-order chi connectivity index (χ1) is 27.9. The van der Waals surface area contributed by atoms with Gasteiger partial charge in [0.2, 0.25) is 0 Å². The maximum Gasteiger partial charge on any atom is 0.358 e. The monoisotopic (exact) mass is 828 g/mol. The number of aromatic amines is 2. The zero-order chi connectivity index (χ0) is 40.8. The number of nitrogen functional groups attached to an aromatic ring is 1. The Balaban J connectivity index is 0.000000140. The number of pyridine rings is 4. The third-order valence-corrected chi connectivity index (χ3v) is 10.8. The van der Waals surface area contributed by atoms with E-state index in [2.05, 4.69) is 65.5 Å². The van der Waals surface area contributed by atoms with Crippen molar-refractivity contribution in [1.82, 2.24) is 40.3 Å². The van der Waals surface area contributed by atoms with Crippen molar-refractivity contribution in [2.45, 2.75) is 38.8 Å². The van der Waals surface area contributed by atoms with Gasteiger partial charge in [0.25, 0.3) is 0 Å². The highest BCUT2D eigenvalue weighted by Gasteiger charge is 2.41. The van der Waals surface area contributed by atoms with Crippen LogP contribution >= 0.6 is 23.2 Å². The lowest BCUT2D eigenvalue weighted by atomic mass is 10.1. The minimum absolute atomic E-state index is 0.0249. The lowest BCUT2D eigenvalue weighted by molar-refractivity contribution is 0.0585. The van der Waals surface area contributed by atoms with Crippen molar-refractivity contribution in [1.29, 1.82) is 0 Å². The van der Waals surface area contributed by atoms with Crippen LogP contribution in [0.4, 0.5) is 39.4 Å². The molecule has 2 amide bonds. The number of amides is 2. The van der Waals surface area contributed by atoms with Crippen molar-refractivity contribution >= 4 is 97.9 Å². The topological polar surface area (TPSA) is 238 Å². The van der Waals surface area contributed by atoms with Crippen molar-refractivity contribution in [3.05, 3.63) is 69.2 Å². The van der Waals surface area contributed by atoms with Crippen LogP contribution in [0.25, 0.3) is 22.1 Å². The minimum atomic E-state index is -0.657. The SMILES string of the molecule is COC(=O)c1nc2c(cc1Cl)N1CC[C@@H](C1)N2.COC(=O)c1nc2c(cc1Cl)N1CC[C@@H](C1)N2C(=O)Nc1n[nH]c2nc(C)ccc12.Cc1ccc2c(N)[nH]nc2n1. The fourth-order valence-electron chi connectivity index (χ4n) is 7.35. The van der Waals surface area contributed by atoms with E-state index >= 15 is 0 Å². The second kappa shape index (κ2) is 15.5. The molecule has 6 N–H and O–H groups in total. The number of rotatable bonds is 3. The average Bonchev–Trinajstić information content (AvgIpc) is 4.01. The van der Waals surface area contributed by atoms with E-state index in [0.29, 0.717) is 57.4 Å². The van der Waals surface area contributed by atoms with E-state index in [4.69, 9.17) is 33.7 Å². The Labute approximate surface area is 340 Å². The third kappa shape index (κ3) is 7.17. The molecule has 19 nitrogen and oxygen atoms in total. The summed E-state index contributed by atoms with van der Waals surface area (Å²) in [7, 11) is 2.58. The average molecular weight is 830 g/mol. The number of carbonyl (C=O) groups is 3. The third-order valence-electron chi connectivity index (χ3n) is 10.2. The van der Waals surface area contributed by atoms with E-state index in [0.717, 1.165) is 60.8 Å². The molecule has 0 spiro atoms. The molecule has 21 heteroatoms. The van der Waals surface area contributed by atoms with E-state index in [9.17, 15) is 14.4 Å². The summed E-state index contributed by atoms with van der Waals surface area (Å²) in [6.45, 7) is 7.21. The highest BCUT2D eigenvalue weighted by atomic mass is 35.5. The maximum absolute atomic E-state index is 13.3. The Morgan fingerprint density at radius 2 is 1.47 bits per heavy atom. The second-order valence-electron chi connectivity index (χ2n) is 14.0. The number of aromatic nitrogens is 8. The number of fused-ring (bicyclic) bond motifs is 10. The molecule has 2 atom stereocenters. The van der Waals surface area contributed by atoms with Gasteiger partial charge in [-0.1, -0.05) is 23.2 Å². The minimum Gasteiger partial charge on any atom is -0.464 e. The molecular formula is C37H38Cl2N14O5. The number of nitrogens with one attached hydrogen (secondary N) is 4. The van der Waals surface area contributed by atoms with Gasteiger partial charge < -0.3 is 30.3 Å². The van der Waals surface area contributed by atoms with Crippen LogP contribution in [0.2, 0.25) is 10.0 Å². The van der Waals surface area contributed by atoms with Crippen LogP contribution in [-0.2, 0) is 9.47 Å². The van der Waals surface area contributed by atoms with Crippen molar-refractivity contribution in [3.63, 3.8) is 0 Å². The van der Waals surface area contributed by atoms with Crippen LogP contribution in [0.3, 0.4) is 0 Å². The molecule has 300 valence electrons. The van der Waals surface area contributed by atoms with Crippen LogP contribution in [0.1, 0.15) is 45.2 Å². The van der Waals surface area contributed by atoms with E-state index in [-0.39, 0.29) is 28.5 Å². The number of halogens is 2. The smallest absolute Gasteiger partial charge is 0.358 e. The molecule has 10 heterocycles. The number of carbonyl (C=O) groups excluding carboxylic acids is 3. The number of H-pyrrole nitrogens is 2. The second-order valence-corrected chi connectivity index (χ2v) is 14.8. The highest BCUT2D eigenvalue weighted by Crippen LogP contribution is 2.42. The number of hydrogen-bond acceptors (Lipinski definition) is 15. The first-order valence-electron chi connectivity index (χ1n) is 18.3. The Morgan fingerprint density at radius 3 is 2.21 bits per heavy atom. The standard InChI is InChI=1S/C19H18ClN7O3.C11H12ClN3O2.C7H8N4/c1-9-3-4-11-15(21-9)24-25-16(11)23-19(29)27-10-5-6-26(8-10)13-7-12(20)14(18(28)30-2)22-17(13)27;1-17-11(16)9-7(12)4-8-10(14-9)13-6-2-3-15(8)5-6;1-4-2-3-5-6(8)10-11-7(5)9-4/h3-4,7,10H,5-6,8H2,1-2H3,(H2,21,23,24,25,29);4,6H,2-3,5H2,1H3,(H,13,14);2-3H,1H3,(H3,8,9,10,11)/t10-;6-;/m00./s1. The molecule has 4 aliphatic heterocycles. The van der Waals surface area contributed by atoms with Crippen LogP contribution in [0.5, 0.6) is 0 Å². The van der Waals surface area contributed by atoms with Crippen LogP contribution in [-0.4, -0.2) is 111 Å². The van der Waals surface area contributed by atoms with Crippen molar-refractivity contribution < 1.29 is 23.9 Å². The maximum atomic E-state index is 13.3. The number of esters is 2. The fraction of sp³-hybridized carbons (Fsp3) is 0.324. The van der Waals surface area contributed by atoms with Gasteiger partial charge in [-0.2, -0.15) is 10.2 Å². The van der Waals surface area contributed by atoms with Gasteiger partial charge in [-0.15, -0.1) is 0 Å². The summed E-state index contributed by atoms with van der Waals surface area (Å²) < 4.78 is 9.43. The number of anilines is 6. The summed E-state index contributed by atoms with van der Waals surface area (Å²) in [5.41, 5.74) is 10.5. The molecule has 0 unspecified atom stereocenters. The summed E-state index contributed by atoms with van der Waals surface area (Å²) in [6, 6.07) is 10.9. The number of nitrogens with zero attached hydrogens (tertiary/aromatic N) is 9. The Kier molecular flexibility index (Phi) is 10.2. The predicted molar refractivity (Wildman–Crippen MR) is 219 cm³/mol. The van der Waals surface area contributed by atoms with Crippen LogP contribution in [0, 0.1) is 13.8 Å². The zero-order valence-corrected chi connectivity index (χ0v) is 33.3. The highest BCUT2D eigenvalue weighted by molar-refractivity contribution is 6.34. The summed E-state index contributed by atoms with van der Waals surface area (Å²) in [5, 5.41) is 21.9. The largest absolute Gasteiger partial charge is 0.464 e. The first kappa shape index (κ1) is 38.4. The molecule has 4 aliphatic rings. The number of aryl methyl sites for hydroxylation is 2. The predicted octanol–water partition coefficient (Wildman–Crippen LogP) is 5.11. The van der Waals surface area contributed by atoms with Gasteiger partial charge in [0.1, 0.15) is 5.82 Å². The lowest BCUT2D eigenvalue weighted by Crippen LogP contribution is -2.48. The van der Waals surface area contributed by atoms with E-state index < -0.39 is 11.9 Å². The molecule has 0 radical (unpaired) electrons. The van der Waals surface area contributed by atoms with Crippen molar-refractivity contribution in [2.75, 3.05) is 71.5 Å². The molecule has 0 aliphatic carbocycles. The van der Waals surface area contributed by atoms with Gasteiger partial charge in [0.15, 0.2) is 40.1 Å². The van der Waals surface area contributed by atoms with Gasteiger partial charge in [0, 0.05) is 43.6 Å². The molecule has 2 saturated heterocycles. The Bertz CT molecular complexity index is 2600. The van der Waals surface area contributed by atoms with E-state index in [1.807, 2.05) is 38.1 Å². The van der Waals surface area contributed by atoms with Crippen LogP contribution < -0.4 is 31.1 Å². The summed E-state index contributed by atoms with van der Waals surface area (Å²) in [6.07, 6.45) is 1.86. The molecule has 6 aromatic heterocycles. The number of urea groups is 1. The zero-order valence-electron chi connectivity index (χ0n) is 31.8. The van der Waals surface area contributed by atoms with Crippen molar-refractivity contribution in [3.8, 4) is 0 Å². The fourth-order valence-corrected chi connectivity index (χ4v) is 7.80. The molecule has 10 rings (SSSR count). The summed E-state index contributed by atoms with van der Waals surface area (Å²) >= 11 is 12.3. The number of ether oxygens (including phenoxy) is 2. The molecule has 2 fully saturated rings. The summed E-state index contributed by atoms with van der Waals surface area (Å²) in [4.78, 5) is 60.0. The van der Waals surface area contributed by atoms with E-state index in [1.54, 1.807) is 17.0 Å². The molecule has 58 heavy (non-hydrogen) atoms. The number of methoxy groups -OCH3 is 2. The Hall–Kier alpha value is -6.47. The summed E-state index contributed by atoms with van der Waals surface area (Å²) in [5.74, 6) is 0.894. The van der Waals surface area contributed by atoms with Gasteiger partial charge >= 0.3 is 18.0 Å². The van der Waals surface area contributed by atoms with Crippen molar-refractivity contribution in [2.24, 2.45) is 0 Å². The van der Waals surface area contributed by atoms with Gasteiger partial charge in [0.05, 0.1) is 52.5 Å². The molecular weight excluding hydrogens is 791 g/mol. The quantitative estimate of drug-likeness (QED) is 0.146. The number of hydrogen-bond donors (Lipinski definition) is 5. The van der Waals surface area contributed by atoms with Crippen LogP contribution in [0.15, 0.2) is 36.4 Å². The number of nitrogens with two attached hydrogens (primary N) is 1. The Morgan fingerprint density at radius 1 is 0.810 bits per heavy atom. The molecule has 6 aromatic rings. The van der Waals surface area contributed by atoms with Gasteiger partial charge in [-0.05, 0) is 63.1 Å². The van der Waals surface area contributed by atoms with Gasteiger partial charge in [-0.25, -0.2) is 34.3 Å². The lowest BCUT2D eigenvalue weighted by Gasteiger charge is -2.35. The first-order valence-corrected chi connectivity index (χ1v) is 19.0. The normalized spacial score (nSPS) is 17.0. The molecule has 0 aromatic carbocycles. The molecule has 0 saturated carbocycles.